The first-order valence-electron chi connectivity index (χ1n) is 9.19. The highest BCUT2D eigenvalue weighted by atomic mass is 35.5. The summed E-state index contributed by atoms with van der Waals surface area (Å²) in [6.45, 7) is 0.868. The van der Waals surface area contributed by atoms with Gasteiger partial charge in [-0.15, -0.1) is 0 Å². The zero-order valence-electron chi connectivity index (χ0n) is 14.7. The molecule has 2 aromatic carbocycles. The molecule has 0 bridgehead atoms. The normalized spacial score (nSPS) is 18.3. The van der Waals surface area contributed by atoms with Gasteiger partial charge in [0.2, 0.25) is 5.95 Å². The van der Waals surface area contributed by atoms with E-state index in [0.29, 0.717) is 23.0 Å². The Kier molecular flexibility index (Phi) is 3.94. The highest BCUT2D eigenvalue weighted by Gasteiger charge is 2.30. The van der Waals surface area contributed by atoms with Crippen LogP contribution in [0.3, 0.4) is 0 Å². The SMILES string of the molecule is O=C1CC(c2ccc(Cl)cc2)Cc2nc(N3CCc4ccccc43)ncc21. The third-order valence-electron chi connectivity index (χ3n) is 5.50. The second-order valence-electron chi connectivity index (χ2n) is 7.14. The summed E-state index contributed by atoms with van der Waals surface area (Å²) in [7, 11) is 0. The number of anilines is 2. The Balaban J connectivity index is 1.49. The molecule has 5 rings (SSSR count). The van der Waals surface area contributed by atoms with Crippen LogP contribution < -0.4 is 4.90 Å². The van der Waals surface area contributed by atoms with E-state index in [-0.39, 0.29) is 11.7 Å². The summed E-state index contributed by atoms with van der Waals surface area (Å²) in [6.07, 6.45) is 3.93. The maximum absolute atomic E-state index is 12.6. The predicted molar refractivity (Wildman–Crippen MR) is 106 cm³/mol. The molecule has 2 heterocycles. The number of ketones is 1. The van der Waals surface area contributed by atoms with Crippen molar-refractivity contribution in [2.75, 3.05) is 11.4 Å². The van der Waals surface area contributed by atoms with Crippen molar-refractivity contribution in [3.05, 3.63) is 82.1 Å². The van der Waals surface area contributed by atoms with Crippen molar-refractivity contribution in [2.45, 2.75) is 25.2 Å². The summed E-state index contributed by atoms with van der Waals surface area (Å²) in [5.41, 5.74) is 5.12. The van der Waals surface area contributed by atoms with Gasteiger partial charge in [0, 0.05) is 29.9 Å². The fraction of sp³-hybridized carbons (Fsp3) is 0.227. The van der Waals surface area contributed by atoms with Gasteiger partial charge in [-0.1, -0.05) is 41.9 Å². The molecule has 0 amide bonds. The number of aromatic nitrogens is 2. The topological polar surface area (TPSA) is 46.1 Å². The van der Waals surface area contributed by atoms with Crippen molar-refractivity contribution in [1.82, 2.24) is 9.97 Å². The van der Waals surface area contributed by atoms with Crippen LogP contribution in [0.1, 0.15) is 39.5 Å². The lowest BCUT2D eigenvalue weighted by Crippen LogP contribution is -2.23. The van der Waals surface area contributed by atoms with E-state index in [1.807, 2.05) is 30.3 Å². The quantitative estimate of drug-likeness (QED) is 0.649. The number of rotatable bonds is 2. The predicted octanol–water partition coefficient (Wildman–Crippen LogP) is 4.74. The Morgan fingerprint density at radius 2 is 1.85 bits per heavy atom. The Morgan fingerprint density at radius 1 is 1.04 bits per heavy atom. The molecule has 0 spiro atoms. The van der Waals surface area contributed by atoms with Gasteiger partial charge in [-0.25, -0.2) is 9.97 Å². The molecule has 2 aliphatic rings. The first-order chi connectivity index (χ1) is 13.2. The highest BCUT2D eigenvalue weighted by Crippen LogP contribution is 2.35. The van der Waals surface area contributed by atoms with Gasteiger partial charge in [-0.05, 0) is 48.1 Å². The number of Topliss-reactive ketones (excluding diaryl/α,β-unsaturated/α-hetero) is 1. The van der Waals surface area contributed by atoms with Gasteiger partial charge in [0.1, 0.15) is 0 Å². The summed E-state index contributed by atoms with van der Waals surface area (Å²) in [4.78, 5) is 24.1. The molecule has 1 aliphatic carbocycles. The number of hydrogen-bond acceptors (Lipinski definition) is 4. The first kappa shape index (κ1) is 16.5. The number of halogens is 1. The van der Waals surface area contributed by atoms with Crippen molar-refractivity contribution in [1.29, 1.82) is 0 Å². The molecule has 1 aliphatic heterocycles. The molecular formula is C22H18ClN3O. The highest BCUT2D eigenvalue weighted by molar-refractivity contribution is 6.30. The van der Waals surface area contributed by atoms with Crippen molar-refractivity contribution < 1.29 is 4.79 Å². The fourth-order valence-electron chi connectivity index (χ4n) is 4.08. The third kappa shape index (κ3) is 2.90. The number of carbonyl (C=O) groups is 1. The van der Waals surface area contributed by atoms with E-state index in [2.05, 4.69) is 28.1 Å². The second-order valence-corrected chi connectivity index (χ2v) is 7.58. The van der Waals surface area contributed by atoms with Crippen LogP contribution in [0.4, 0.5) is 11.6 Å². The van der Waals surface area contributed by atoms with Gasteiger partial charge in [0.05, 0.1) is 11.3 Å². The van der Waals surface area contributed by atoms with Crippen molar-refractivity contribution >= 4 is 29.0 Å². The minimum atomic E-state index is 0.115. The van der Waals surface area contributed by atoms with Crippen LogP contribution in [0.15, 0.2) is 54.7 Å². The number of para-hydroxylation sites is 1. The van der Waals surface area contributed by atoms with E-state index < -0.39 is 0 Å². The molecular weight excluding hydrogens is 358 g/mol. The van der Waals surface area contributed by atoms with Crippen LogP contribution in [-0.4, -0.2) is 22.3 Å². The maximum Gasteiger partial charge on any atom is 0.230 e. The monoisotopic (exact) mass is 375 g/mol. The Morgan fingerprint density at radius 3 is 2.70 bits per heavy atom. The molecule has 0 radical (unpaired) electrons. The summed E-state index contributed by atoms with van der Waals surface area (Å²) in [5, 5.41) is 0.707. The molecule has 1 atom stereocenters. The molecule has 0 N–H and O–H groups in total. The maximum atomic E-state index is 12.6. The zero-order valence-corrected chi connectivity index (χ0v) is 15.5. The molecule has 1 unspecified atom stereocenters. The van der Waals surface area contributed by atoms with Crippen LogP contribution in [0.2, 0.25) is 5.02 Å². The van der Waals surface area contributed by atoms with Gasteiger partial charge in [-0.2, -0.15) is 0 Å². The molecule has 0 saturated carbocycles. The fourth-order valence-corrected chi connectivity index (χ4v) is 4.21. The smallest absolute Gasteiger partial charge is 0.230 e. The van der Waals surface area contributed by atoms with Crippen LogP contribution in [0.5, 0.6) is 0 Å². The number of benzene rings is 2. The average molecular weight is 376 g/mol. The first-order valence-corrected chi connectivity index (χ1v) is 9.57. The minimum Gasteiger partial charge on any atom is -0.310 e. The summed E-state index contributed by atoms with van der Waals surface area (Å²) in [6, 6.07) is 16.1. The summed E-state index contributed by atoms with van der Waals surface area (Å²) < 4.78 is 0. The van der Waals surface area contributed by atoms with Gasteiger partial charge in [0.15, 0.2) is 5.78 Å². The molecule has 27 heavy (non-hydrogen) atoms. The molecule has 134 valence electrons. The van der Waals surface area contributed by atoms with Crippen LogP contribution in [0.25, 0.3) is 0 Å². The average Bonchev–Trinajstić information content (AvgIpc) is 3.12. The van der Waals surface area contributed by atoms with E-state index in [1.54, 1.807) is 6.20 Å². The van der Waals surface area contributed by atoms with E-state index in [9.17, 15) is 4.79 Å². The third-order valence-corrected chi connectivity index (χ3v) is 5.75. The van der Waals surface area contributed by atoms with E-state index in [0.717, 1.165) is 36.3 Å². The number of hydrogen-bond donors (Lipinski definition) is 0. The van der Waals surface area contributed by atoms with E-state index >= 15 is 0 Å². The molecule has 0 saturated heterocycles. The van der Waals surface area contributed by atoms with Crippen molar-refractivity contribution in [3.8, 4) is 0 Å². The molecule has 0 fully saturated rings. The lowest BCUT2D eigenvalue weighted by Gasteiger charge is -2.25. The zero-order chi connectivity index (χ0) is 18.4. The number of carbonyl (C=O) groups excluding carboxylic acids is 1. The van der Waals surface area contributed by atoms with Gasteiger partial charge < -0.3 is 4.90 Å². The van der Waals surface area contributed by atoms with Crippen molar-refractivity contribution in [2.24, 2.45) is 0 Å². The number of nitrogens with zero attached hydrogens (tertiary/aromatic N) is 3. The van der Waals surface area contributed by atoms with Gasteiger partial charge >= 0.3 is 0 Å². The van der Waals surface area contributed by atoms with Crippen LogP contribution in [-0.2, 0) is 12.8 Å². The molecule has 5 heteroatoms. The molecule has 3 aromatic rings. The van der Waals surface area contributed by atoms with Crippen LogP contribution >= 0.6 is 11.6 Å². The number of fused-ring (bicyclic) bond motifs is 2. The Labute approximate surface area is 162 Å². The van der Waals surface area contributed by atoms with Gasteiger partial charge in [-0.3, -0.25) is 4.79 Å². The van der Waals surface area contributed by atoms with Crippen LogP contribution in [0, 0.1) is 0 Å². The molecule has 1 aromatic heterocycles. The largest absolute Gasteiger partial charge is 0.310 e. The van der Waals surface area contributed by atoms with E-state index in [4.69, 9.17) is 16.6 Å². The molecule has 4 nitrogen and oxygen atoms in total. The lowest BCUT2D eigenvalue weighted by molar-refractivity contribution is 0.0962. The van der Waals surface area contributed by atoms with E-state index in [1.165, 1.54) is 5.56 Å². The van der Waals surface area contributed by atoms with Crippen molar-refractivity contribution in [3.63, 3.8) is 0 Å². The lowest BCUT2D eigenvalue weighted by atomic mass is 9.82. The Bertz CT molecular complexity index is 1030. The minimum absolute atomic E-state index is 0.115. The Hall–Kier alpha value is -2.72. The second kappa shape index (κ2) is 6.46. The van der Waals surface area contributed by atoms with Gasteiger partial charge in [0.25, 0.3) is 0 Å². The summed E-state index contributed by atoms with van der Waals surface area (Å²) in [5.74, 6) is 0.934. The summed E-state index contributed by atoms with van der Waals surface area (Å²) >= 11 is 6.00. The standard InChI is InChI=1S/C22H18ClN3O/c23-17-7-5-14(6-8-17)16-11-19-18(21(27)12-16)13-24-22(25-19)26-10-9-15-3-1-2-4-20(15)26/h1-8,13,16H,9-12H2.